The smallest absolute Gasteiger partial charge is 0.256 e. The van der Waals surface area contributed by atoms with Crippen LogP contribution >= 0.6 is 0 Å². The number of fused-ring (bicyclic) bond motifs is 1. The van der Waals surface area contributed by atoms with Crippen LogP contribution < -0.4 is 11.1 Å². The molecule has 0 radical (unpaired) electrons. The van der Waals surface area contributed by atoms with Crippen LogP contribution in [0.4, 0.5) is 5.69 Å². The topological polar surface area (TPSA) is 88.0 Å². The molecule has 0 spiro atoms. The lowest BCUT2D eigenvalue weighted by Gasteiger charge is -2.23. The Kier molecular flexibility index (Phi) is 6.90. The lowest BCUT2D eigenvalue weighted by Crippen LogP contribution is -2.28. The molecule has 0 unspecified atom stereocenters. The van der Waals surface area contributed by atoms with E-state index in [0.29, 0.717) is 23.3 Å². The van der Waals surface area contributed by atoms with E-state index in [1.54, 1.807) is 6.92 Å². The van der Waals surface area contributed by atoms with Gasteiger partial charge in [-0.3, -0.25) is 9.59 Å². The fourth-order valence-electron chi connectivity index (χ4n) is 4.56. The Labute approximate surface area is 195 Å². The van der Waals surface area contributed by atoms with Gasteiger partial charge in [-0.1, -0.05) is 42.0 Å². The molecule has 1 fully saturated rings. The molecule has 1 amide bonds. The van der Waals surface area contributed by atoms with Crippen molar-refractivity contribution >= 4 is 29.0 Å². The third kappa shape index (κ3) is 5.32. The number of hydrogen-bond donors (Lipinski definition) is 3. The van der Waals surface area contributed by atoms with E-state index < -0.39 is 0 Å². The number of aromatic nitrogens is 1. The van der Waals surface area contributed by atoms with Crippen LogP contribution in [-0.2, 0) is 9.59 Å². The maximum atomic E-state index is 12.4. The van der Waals surface area contributed by atoms with Gasteiger partial charge < -0.3 is 16.0 Å². The van der Waals surface area contributed by atoms with Crippen LogP contribution in [0.1, 0.15) is 49.4 Å². The molecule has 5 rings (SSSR count). The Hall–Kier alpha value is -3.44. The molecule has 3 aromatic rings. The third-order valence-corrected chi connectivity index (χ3v) is 6.42. The highest BCUT2D eigenvalue weighted by Crippen LogP contribution is 2.40. The van der Waals surface area contributed by atoms with Gasteiger partial charge in [0.2, 0.25) is 0 Å². The second kappa shape index (κ2) is 10.0. The van der Waals surface area contributed by atoms with Crippen molar-refractivity contribution in [3.05, 3.63) is 77.6 Å². The molecule has 0 atom stereocenters. The van der Waals surface area contributed by atoms with Crippen molar-refractivity contribution in [2.45, 2.75) is 45.6 Å². The Morgan fingerprint density at radius 1 is 1.03 bits per heavy atom. The van der Waals surface area contributed by atoms with E-state index in [2.05, 4.69) is 41.5 Å². The summed E-state index contributed by atoms with van der Waals surface area (Å²) >= 11 is 0. The van der Waals surface area contributed by atoms with Gasteiger partial charge in [0.1, 0.15) is 5.78 Å². The van der Waals surface area contributed by atoms with Gasteiger partial charge in [-0.05, 0) is 74.9 Å². The fraction of sp³-hybridized carbons (Fsp3) is 0.286. The Morgan fingerprint density at radius 3 is 2.45 bits per heavy atom. The molecule has 1 saturated carbocycles. The van der Waals surface area contributed by atoms with Crippen molar-refractivity contribution in [2.24, 2.45) is 11.7 Å². The van der Waals surface area contributed by atoms with Gasteiger partial charge in [0.15, 0.2) is 0 Å². The number of rotatable bonds is 3. The van der Waals surface area contributed by atoms with Crippen molar-refractivity contribution in [3.63, 3.8) is 0 Å². The highest BCUT2D eigenvalue weighted by Gasteiger charge is 2.27. The van der Waals surface area contributed by atoms with Crippen LogP contribution in [0.25, 0.3) is 22.8 Å². The normalized spacial score (nSPS) is 20.6. The van der Waals surface area contributed by atoms with E-state index in [1.165, 1.54) is 5.56 Å². The summed E-state index contributed by atoms with van der Waals surface area (Å²) in [5.74, 6) is 0.599. The van der Waals surface area contributed by atoms with Crippen molar-refractivity contribution in [2.75, 3.05) is 5.32 Å². The number of aryl methyl sites for hydroxylation is 1. The average Bonchev–Trinajstić information content (AvgIpc) is 3.42. The van der Waals surface area contributed by atoms with E-state index in [9.17, 15) is 9.59 Å². The van der Waals surface area contributed by atoms with Gasteiger partial charge in [0.25, 0.3) is 5.91 Å². The monoisotopic (exact) mass is 441 g/mol. The molecule has 1 aliphatic carbocycles. The van der Waals surface area contributed by atoms with Crippen LogP contribution in [0.2, 0.25) is 0 Å². The molecule has 5 heteroatoms. The number of ketones is 1. The number of Topliss-reactive ketones (excluding diaryl/α,β-unsaturated/α-hetero) is 1. The van der Waals surface area contributed by atoms with Gasteiger partial charge in [-0.2, -0.15) is 0 Å². The van der Waals surface area contributed by atoms with E-state index in [0.717, 1.165) is 53.8 Å². The number of amides is 1. The number of nitrogens with one attached hydrogen (secondary N) is 2. The van der Waals surface area contributed by atoms with Gasteiger partial charge in [-0.25, -0.2) is 0 Å². The van der Waals surface area contributed by atoms with Crippen molar-refractivity contribution in [3.8, 4) is 11.1 Å². The van der Waals surface area contributed by atoms with Gasteiger partial charge in [-0.15, -0.1) is 0 Å². The molecule has 5 nitrogen and oxygen atoms in total. The lowest BCUT2D eigenvalue weighted by atomic mass is 9.84. The zero-order valence-electron chi connectivity index (χ0n) is 19.2. The highest BCUT2D eigenvalue weighted by molar-refractivity contribution is 6.36. The summed E-state index contributed by atoms with van der Waals surface area (Å²) in [5, 5.41) is 2.96. The van der Waals surface area contributed by atoms with E-state index in [-0.39, 0.29) is 5.91 Å². The molecule has 0 saturated heterocycles. The molecule has 1 aliphatic heterocycles. The van der Waals surface area contributed by atoms with Crippen molar-refractivity contribution in [1.29, 1.82) is 0 Å². The summed E-state index contributed by atoms with van der Waals surface area (Å²) in [4.78, 5) is 26.4. The summed E-state index contributed by atoms with van der Waals surface area (Å²) in [6.45, 7) is 3.76. The highest BCUT2D eigenvalue weighted by atomic mass is 16.2. The van der Waals surface area contributed by atoms with Gasteiger partial charge in [0.05, 0.1) is 5.57 Å². The minimum Gasteiger partial charge on any atom is -0.362 e. The molecule has 33 heavy (non-hydrogen) atoms. The molecule has 2 aromatic carbocycles. The average molecular weight is 442 g/mol. The number of nitrogens with two attached hydrogens (primary N) is 1. The second-order valence-corrected chi connectivity index (χ2v) is 8.96. The first-order valence-corrected chi connectivity index (χ1v) is 11.6. The van der Waals surface area contributed by atoms with Crippen LogP contribution in [0.15, 0.2) is 60.8 Å². The first-order valence-electron chi connectivity index (χ1n) is 11.6. The third-order valence-electron chi connectivity index (χ3n) is 6.42. The maximum absolute atomic E-state index is 12.4. The maximum Gasteiger partial charge on any atom is 0.256 e. The van der Waals surface area contributed by atoms with Crippen molar-refractivity contribution in [1.82, 2.24) is 4.98 Å². The fourth-order valence-corrected chi connectivity index (χ4v) is 4.56. The molecular weight excluding hydrogens is 410 g/mol. The predicted molar refractivity (Wildman–Crippen MR) is 135 cm³/mol. The number of anilines is 1. The largest absolute Gasteiger partial charge is 0.362 e. The first kappa shape index (κ1) is 22.7. The quantitative estimate of drug-likeness (QED) is 0.464. The van der Waals surface area contributed by atoms with Gasteiger partial charge >= 0.3 is 0 Å². The van der Waals surface area contributed by atoms with Crippen LogP contribution in [0, 0.1) is 12.8 Å². The molecular formula is C28H31N3O2. The van der Waals surface area contributed by atoms with Crippen LogP contribution in [0.5, 0.6) is 0 Å². The minimum atomic E-state index is -0.0605. The zero-order valence-corrected chi connectivity index (χ0v) is 19.2. The molecule has 0 bridgehead atoms. The van der Waals surface area contributed by atoms with E-state index in [1.807, 2.05) is 42.6 Å². The first-order chi connectivity index (χ1) is 15.9. The molecule has 2 aliphatic rings. The van der Waals surface area contributed by atoms with Gasteiger partial charge in [0, 0.05) is 35.1 Å². The number of hydrogen-bond acceptors (Lipinski definition) is 3. The number of benzene rings is 2. The minimum absolute atomic E-state index is 0.0605. The molecule has 2 heterocycles. The van der Waals surface area contributed by atoms with Crippen molar-refractivity contribution < 1.29 is 9.59 Å². The summed E-state index contributed by atoms with van der Waals surface area (Å²) in [6, 6.07) is 18.6. The number of aromatic amines is 1. The van der Waals surface area contributed by atoms with Crippen LogP contribution in [0.3, 0.4) is 0 Å². The Balaban J connectivity index is 0.000000219. The summed E-state index contributed by atoms with van der Waals surface area (Å²) < 4.78 is 0. The van der Waals surface area contributed by atoms with Crippen LogP contribution in [-0.4, -0.2) is 22.7 Å². The zero-order chi connectivity index (χ0) is 23.4. The lowest BCUT2D eigenvalue weighted by molar-refractivity contribution is -0.121. The van der Waals surface area contributed by atoms with E-state index >= 15 is 0 Å². The summed E-state index contributed by atoms with van der Waals surface area (Å²) in [6.07, 6.45) is 7.84. The number of H-pyrrole nitrogens is 1. The Bertz CT molecular complexity index is 1170. The Morgan fingerprint density at radius 2 is 1.79 bits per heavy atom. The second-order valence-electron chi connectivity index (χ2n) is 8.96. The van der Waals surface area contributed by atoms with E-state index in [4.69, 9.17) is 5.73 Å². The SMILES string of the molecule is CC(=O)C1CCC(N)CC1.Cc1cccc(-c2cccc3c2/C(=C/c2ccc[nH]2)C(=O)N3)c1. The predicted octanol–water partition coefficient (Wildman–Crippen LogP) is 5.58. The number of carbonyl (C=O) groups is 2. The summed E-state index contributed by atoms with van der Waals surface area (Å²) in [5.41, 5.74) is 12.5. The molecule has 170 valence electrons. The molecule has 4 N–H and O–H groups in total. The standard InChI is InChI=1S/C20H16N2O.C8H15NO/c1-13-5-2-6-14(11-13)16-8-3-9-18-19(16)17(20(23)22-18)12-15-7-4-10-21-15;1-6(10)7-2-4-8(9)5-3-7/h2-12,21H,1H3,(H,22,23);7-8H,2-5,9H2,1H3/b17-12-;. The number of carbonyl (C=O) groups excluding carboxylic acids is 2. The molecule has 1 aromatic heterocycles. The summed E-state index contributed by atoms with van der Waals surface area (Å²) in [7, 11) is 0.